The molecule has 0 fully saturated rings. The molecule has 114 valence electrons. The number of ether oxygens (including phenoxy) is 1. The van der Waals surface area contributed by atoms with E-state index < -0.39 is 6.10 Å². The second-order valence-electron chi connectivity index (χ2n) is 5.23. The van der Waals surface area contributed by atoms with E-state index in [4.69, 9.17) is 27.9 Å². The largest absolute Gasteiger partial charge is 0.480 e. The summed E-state index contributed by atoms with van der Waals surface area (Å²) in [4.78, 5) is 12.2. The first-order chi connectivity index (χ1) is 10.6. The molecule has 3 nitrogen and oxygen atoms in total. The molecular formula is C17H15Cl2NO2. The van der Waals surface area contributed by atoms with E-state index in [0.717, 1.165) is 23.3 Å². The van der Waals surface area contributed by atoms with Crippen molar-refractivity contribution in [2.24, 2.45) is 0 Å². The molecule has 0 radical (unpaired) electrons. The van der Waals surface area contributed by atoms with Crippen molar-refractivity contribution in [3.63, 3.8) is 0 Å². The molecule has 1 N–H and O–H groups in total. The van der Waals surface area contributed by atoms with Crippen LogP contribution in [-0.4, -0.2) is 18.6 Å². The highest BCUT2D eigenvalue weighted by Gasteiger charge is 2.28. The zero-order chi connectivity index (χ0) is 15.5. The number of hydrogen-bond donors (Lipinski definition) is 1. The van der Waals surface area contributed by atoms with E-state index in [9.17, 15) is 4.79 Å². The molecule has 0 bridgehead atoms. The van der Waals surface area contributed by atoms with E-state index in [1.54, 1.807) is 12.1 Å². The van der Waals surface area contributed by atoms with Gasteiger partial charge in [-0.3, -0.25) is 4.79 Å². The SMILES string of the molecule is O=C(NCCc1ccc(Cl)cc1)[C@@H]1Cc2cc(Cl)ccc2O1. The van der Waals surface area contributed by atoms with Crippen molar-refractivity contribution in [1.82, 2.24) is 5.32 Å². The van der Waals surface area contributed by atoms with Crippen molar-refractivity contribution >= 4 is 29.1 Å². The quantitative estimate of drug-likeness (QED) is 0.925. The molecule has 1 aliphatic rings. The van der Waals surface area contributed by atoms with Crippen molar-refractivity contribution < 1.29 is 9.53 Å². The van der Waals surface area contributed by atoms with Gasteiger partial charge in [-0.1, -0.05) is 35.3 Å². The van der Waals surface area contributed by atoms with Crippen LogP contribution in [0.5, 0.6) is 5.75 Å². The van der Waals surface area contributed by atoms with Crippen molar-refractivity contribution in [1.29, 1.82) is 0 Å². The lowest BCUT2D eigenvalue weighted by molar-refractivity contribution is -0.127. The summed E-state index contributed by atoms with van der Waals surface area (Å²) in [5, 5.41) is 4.28. The maximum absolute atomic E-state index is 12.2. The average molecular weight is 336 g/mol. The number of halogens is 2. The molecule has 0 aliphatic carbocycles. The van der Waals surface area contributed by atoms with E-state index in [1.807, 2.05) is 30.3 Å². The molecule has 2 aromatic rings. The lowest BCUT2D eigenvalue weighted by Gasteiger charge is -2.11. The van der Waals surface area contributed by atoms with Gasteiger partial charge in [0.15, 0.2) is 6.10 Å². The van der Waals surface area contributed by atoms with E-state index in [0.29, 0.717) is 23.0 Å². The number of rotatable bonds is 4. The third-order valence-corrected chi connectivity index (χ3v) is 4.10. The lowest BCUT2D eigenvalue weighted by atomic mass is 10.1. The molecule has 1 heterocycles. The first-order valence-corrected chi connectivity index (χ1v) is 7.84. The maximum Gasteiger partial charge on any atom is 0.261 e. The van der Waals surface area contributed by atoms with E-state index in [1.165, 1.54) is 0 Å². The van der Waals surface area contributed by atoms with E-state index >= 15 is 0 Å². The Bertz CT molecular complexity index is 686. The van der Waals surface area contributed by atoms with Crippen molar-refractivity contribution in [3.8, 4) is 5.75 Å². The topological polar surface area (TPSA) is 38.3 Å². The molecule has 1 aliphatic heterocycles. The molecule has 2 aromatic carbocycles. The third kappa shape index (κ3) is 3.54. The summed E-state index contributed by atoms with van der Waals surface area (Å²) >= 11 is 11.8. The van der Waals surface area contributed by atoms with Crippen LogP contribution in [0.4, 0.5) is 0 Å². The number of carbonyl (C=O) groups excluding carboxylic acids is 1. The number of amides is 1. The fourth-order valence-corrected chi connectivity index (χ4v) is 2.78. The van der Waals surface area contributed by atoms with Crippen molar-refractivity contribution in [2.45, 2.75) is 18.9 Å². The Morgan fingerprint density at radius 2 is 1.86 bits per heavy atom. The van der Waals surface area contributed by atoms with Gasteiger partial charge in [0.1, 0.15) is 5.75 Å². The van der Waals surface area contributed by atoms with Crippen LogP contribution >= 0.6 is 23.2 Å². The van der Waals surface area contributed by atoms with Crippen LogP contribution in [0.25, 0.3) is 0 Å². The highest BCUT2D eigenvalue weighted by molar-refractivity contribution is 6.30. The highest BCUT2D eigenvalue weighted by atomic mass is 35.5. The van der Waals surface area contributed by atoms with Crippen LogP contribution in [0.3, 0.4) is 0 Å². The Morgan fingerprint density at radius 3 is 2.64 bits per heavy atom. The van der Waals surface area contributed by atoms with Crippen LogP contribution in [0.15, 0.2) is 42.5 Å². The minimum atomic E-state index is -0.473. The average Bonchev–Trinajstić information content (AvgIpc) is 2.92. The highest BCUT2D eigenvalue weighted by Crippen LogP contribution is 2.31. The van der Waals surface area contributed by atoms with Gasteiger partial charge in [-0.25, -0.2) is 0 Å². The molecule has 0 unspecified atom stereocenters. The molecule has 1 atom stereocenters. The standard InChI is InChI=1S/C17H15Cl2NO2/c18-13-3-1-11(2-4-13)7-8-20-17(21)16-10-12-9-14(19)5-6-15(12)22-16/h1-6,9,16H,7-8,10H2,(H,20,21)/t16-/m0/s1. The minimum Gasteiger partial charge on any atom is -0.480 e. The van der Waals surface area contributed by atoms with Crippen LogP contribution in [0.2, 0.25) is 10.0 Å². The van der Waals surface area contributed by atoms with Gasteiger partial charge < -0.3 is 10.1 Å². The third-order valence-electron chi connectivity index (χ3n) is 3.62. The Labute approximate surface area is 139 Å². The summed E-state index contributed by atoms with van der Waals surface area (Å²) in [7, 11) is 0. The van der Waals surface area contributed by atoms with Crippen LogP contribution in [-0.2, 0) is 17.6 Å². The van der Waals surface area contributed by atoms with E-state index in [2.05, 4.69) is 5.32 Å². The number of nitrogens with one attached hydrogen (secondary N) is 1. The summed E-state index contributed by atoms with van der Waals surface area (Å²) in [6.45, 7) is 0.567. The number of hydrogen-bond acceptors (Lipinski definition) is 2. The number of carbonyl (C=O) groups is 1. The number of benzene rings is 2. The monoisotopic (exact) mass is 335 g/mol. The zero-order valence-corrected chi connectivity index (χ0v) is 13.3. The minimum absolute atomic E-state index is 0.0960. The van der Waals surface area contributed by atoms with Gasteiger partial charge in [0.05, 0.1) is 0 Å². The number of fused-ring (bicyclic) bond motifs is 1. The van der Waals surface area contributed by atoms with Crippen LogP contribution in [0, 0.1) is 0 Å². The predicted octanol–water partition coefficient (Wildman–Crippen LogP) is 3.66. The molecule has 0 saturated heterocycles. The van der Waals surface area contributed by atoms with Gasteiger partial charge in [0, 0.05) is 23.0 Å². The molecule has 0 saturated carbocycles. The van der Waals surface area contributed by atoms with E-state index in [-0.39, 0.29) is 5.91 Å². The van der Waals surface area contributed by atoms with Crippen LogP contribution < -0.4 is 10.1 Å². The fraction of sp³-hybridized carbons (Fsp3) is 0.235. The molecule has 0 spiro atoms. The van der Waals surface area contributed by atoms with Crippen molar-refractivity contribution in [2.75, 3.05) is 6.54 Å². The normalized spacial score (nSPS) is 16.0. The van der Waals surface area contributed by atoms with Gasteiger partial charge >= 0.3 is 0 Å². The molecule has 5 heteroatoms. The Morgan fingerprint density at radius 1 is 1.14 bits per heavy atom. The van der Waals surface area contributed by atoms with Gasteiger partial charge in [0.25, 0.3) is 5.91 Å². The van der Waals surface area contributed by atoms with Gasteiger partial charge in [-0.15, -0.1) is 0 Å². The Kier molecular flexibility index (Phi) is 4.55. The molecule has 22 heavy (non-hydrogen) atoms. The molecule has 1 amide bonds. The summed E-state index contributed by atoms with van der Waals surface area (Å²) in [5.74, 6) is 0.642. The zero-order valence-electron chi connectivity index (χ0n) is 11.8. The maximum atomic E-state index is 12.2. The first kappa shape index (κ1) is 15.2. The predicted molar refractivity (Wildman–Crippen MR) is 87.7 cm³/mol. The fourth-order valence-electron chi connectivity index (χ4n) is 2.46. The Balaban J connectivity index is 1.50. The van der Waals surface area contributed by atoms with Crippen LogP contribution in [0.1, 0.15) is 11.1 Å². The lowest BCUT2D eigenvalue weighted by Crippen LogP contribution is -2.38. The molecule has 0 aromatic heterocycles. The van der Waals surface area contributed by atoms with Gasteiger partial charge in [0.2, 0.25) is 0 Å². The first-order valence-electron chi connectivity index (χ1n) is 7.09. The summed E-state index contributed by atoms with van der Waals surface area (Å²) in [5.41, 5.74) is 2.11. The smallest absolute Gasteiger partial charge is 0.261 e. The molecule has 3 rings (SSSR count). The molecular weight excluding hydrogens is 321 g/mol. The Hall–Kier alpha value is -1.71. The second kappa shape index (κ2) is 6.59. The summed E-state index contributed by atoms with van der Waals surface area (Å²) in [6, 6.07) is 13.0. The van der Waals surface area contributed by atoms with Gasteiger partial charge in [-0.05, 0) is 47.9 Å². The summed E-state index contributed by atoms with van der Waals surface area (Å²) < 4.78 is 5.65. The van der Waals surface area contributed by atoms with Crippen molar-refractivity contribution in [3.05, 3.63) is 63.6 Å². The van der Waals surface area contributed by atoms with Gasteiger partial charge in [-0.2, -0.15) is 0 Å². The second-order valence-corrected chi connectivity index (χ2v) is 6.10. The summed E-state index contributed by atoms with van der Waals surface area (Å²) in [6.07, 6.45) is 0.843.